The first-order valence-electron chi connectivity index (χ1n) is 6.50. The summed E-state index contributed by atoms with van der Waals surface area (Å²) < 4.78 is 2.01. The molecule has 102 valence electrons. The van der Waals surface area contributed by atoms with Crippen LogP contribution in [-0.2, 0) is 0 Å². The first-order valence-corrected chi connectivity index (χ1v) is 7.31. The van der Waals surface area contributed by atoms with Gasteiger partial charge in [0.25, 0.3) is 0 Å². The number of nitrogen functional groups attached to an aromatic ring is 1. The summed E-state index contributed by atoms with van der Waals surface area (Å²) in [4.78, 5) is 1.24. The van der Waals surface area contributed by atoms with E-state index in [0.29, 0.717) is 6.04 Å². The molecule has 0 saturated carbocycles. The second-order valence-corrected chi connectivity index (χ2v) is 6.24. The Balaban J connectivity index is 2.43. The van der Waals surface area contributed by atoms with Crippen LogP contribution in [0.3, 0.4) is 0 Å². The van der Waals surface area contributed by atoms with Gasteiger partial charge >= 0.3 is 0 Å². The Morgan fingerprint density at radius 3 is 2.47 bits per heavy atom. The Labute approximate surface area is 119 Å². The minimum absolute atomic E-state index is 0.309. The van der Waals surface area contributed by atoms with Crippen molar-refractivity contribution < 1.29 is 0 Å². The summed E-state index contributed by atoms with van der Waals surface area (Å²) in [5.41, 5.74) is 10.4. The first kappa shape index (κ1) is 14.0. The molecule has 0 amide bonds. The number of hydrogen-bond acceptors (Lipinski definition) is 3. The van der Waals surface area contributed by atoms with E-state index >= 15 is 0 Å². The molecule has 2 aromatic rings. The minimum Gasteiger partial charge on any atom is -0.395 e. The van der Waals surface area contributed by atoms with Gasteiger partial charge in [-0.25, -0.2) is 0 Å². The first-order chi connectivity index (χ1) is 8.90. The zero-order valence-electron chi connectivity index (χ0n) is 12.2. The van der Waals surface area contributed by atoms with Gasteiger partial charge in [-0.05, 0) is 46.2 Å². The lowest BCUT2D eigenvalue weighted by Crippen LogP contribution is -2.04. The molecule has 2 N–H and O–H groups in total. The molecular formula is C15H21N3S. The lowest BCUT2D eigenvalue weighted by Gasteiger charge is -2.12. The van der Waals surface area contributed by atoms with Gasteiger partial charge in [0.05, 0.1) is 11.4 Å². The molecule has 0 saturated heterocycles. The molecule has 0 radical (unpaired) electrons. The maximum Gasteiger partial charge on any atom is 0.122 e. The normalized spacial score (nSPS) is 11.3. The van der Waals surface area contributed by atoms with Crippen molar-refractivity contribution in [1.82, 2.24) is 9.78 Å². The average Bonchev–Trinajstić information content (AvgIpc) is 2.61. The Kier molecular flexibility index (Phi) is 3.90. The number of anilines is 1. The molecule has 0 aliphatic heterocycles. The predicted molar refractivity (Wildman–Crippen MR) is 81.8 cm³/mol. The molecule has 0 spiro atoms. The van der Waals surface area contributed by atoms with Gasteiger partial charge in [-0.1, -0.05) is 29.5 Å². The fourth-order valence-electron chi connectivity index (χ4n) is 2.01. The molecule has 4 heteroatoms. The van der Waals surface area contributed by atoms with Crippen LogP contribution in [0.1, 0.15) is 36.7 Å². The molecule has 0 atom stereocenters. The van der Waals surface area contributed by atoms with E-state index in [9.17, 15) is 0 Å². The molecule has 3 nitrogen and oxygen atoms in total. The van der Waals surface area contributed by atoms with Crippen LogP contribution in [0.15, 0.2) is 28.1 Å². The monoisotopic (exact) mass is 275 g/mol. The number of aryl methyl sites for hydroxylation is 3. The Bertz CT molecular complexity index is 600. The molecule has 1 aromatic carbocycles. The van der Waals surface area contributed by atoms with Gasteiger partial charge in [-0.3, -0.25) is 4.68 Å². The highest BCUT2D eigenvalue weighted by Crippen LogP contribution is 2.37. The lowest BCUT2D eigenvalue weighted by molar-refractivity contribution is 0.491. The van der Waals surface area contributed by atoms with Gasteiger partial charge in [0.1, 0.15) is 5.03 Å². The van der Waals surface area contributed by atoms with Gasteiger partial charge in [-0.15, -0.1) is 0 Å². The fraction of sp³-hybridized carbons (Fsp3) is 0.400. The van der Waals surface area contributed by atoms with E-state index in [1.165, 1.54) is 16.0 Å². The molecule has 0 aliphatic rings. The molecule has 2 rings (SSSR count). The molecule has 1 heterocycles. The van der Waals surface area contributed by atoms with Crippen LogP contribution in [0.4, 0.5) is 5.69 Å². The van der Waals surface area contributed by atoms with Crippen LogP contribution in [-0.4, -0.2) is 9.78 Å². The summed E-state index contributed by atoms with van der Waals surface area (Å²) in [6, 6.07) is 6.79. The zero-order chi connectivity index (χ0) is 14.2. The lowest BCUT2D eigenvalue weighted by atomic mass is 10.2. The average molecular weight is 275 g/mol. The van der Waals surface area contributed by atoms with Crippen molar-refractivity contribution in [3.05, 3.63) is 35.0 Å². The number of benzene rings is 1. The Morgan fingerprint density at radius 2 is 1.89 bits per heavy atom. The number of aromatic nitrogens is 2. The molecule has 19 heavy (non-hydrogen) atoms. The summed E-state index contributed by atoms with van der Waals surface area (Å²) in [6.07, 6.45) is 0. The van der Waals surface area contributed by atoms with Crippen LogP contribution in [0.25, 0.3) is 0 Å². The highest BCUT2D eigenvalue weighted by molar-refractivity contribution is 7.99. The van der Waals surface area contributed by atoms with Gasteiger partial charge in [-0.2, -0.15) is 5.10 Å². The molecule has 1 aromatic heterocycles. The largest absolute Gasteiger partial charge is 0.395 e. The standard InChI is InChI=1S/C15H21N3S/c1-9(2)18-15(14(16)12(5)17-18)19-13-7-6-10(3)8-11(13)4/h6-9H,16H2,1-5H3. The van der Waals surface area contributed by atoms with E-state index < -0.39 is 0 Å². The van der Waals surface area contributed by atoms with Gasteiger partial charge in [0.2, 0.25) is 0 Å². The third-order valence-electron chi connectivity index (χ3n) is 3.11. The number of nitrogens with zero attached hydrogens (tertiary/aromatic N) is 2. The predicted octanol–water partition coefficient (Wildman–Crippen LogP) is 4.12. The van der Waals surface area contributed by atoms with Gasteiger partial charge in [0.15, 0.2) is 0 Å². The van der Waals surface area contributed by atoms with Crippen molar-refractivity contribution in [3.8, 4) is 0 Å². The van der Waals surface area contributed by atoms with Gasteiger partial charge in [0, 0.05) is 10.9 Å². The number of hydrogen-bond donors (Lipinski definition) is 1. The van der Waals surface area contributed by atoms with Crippen molar-refractivity contribution in [1.29, 1.82) is 0 Å². The summed E-state index contributed by atoms with van der Waals surface area (Å²) in [6.45, 7) is 10.4. The van der Waals surface area contributed by atoms with E-state index in [-0.39, 0.29) is 0 Å². The van der Waals surface area contributed by atoms with E-state index in [4.69, 9.17) is 5.73 Å². The van der Waals surface area contributed by atoms with Crippen molar-refractivity contribution in [3.63, 3.8) is 0 Å². The number of nitrogens with two attached hydrogens (primary N) is 1. The van der Waals surface area contributed by atoms with Crippen molar-refractivity contribution in [2.24, 2.45) is 0 Å². The van der Waals surface area contributed by atoms with Gasteiger partial charge < -0.3 is 5.73 Å². The third kappa shape index (κ3) is 2.78. The van der Waals surface area contributed by atoms with Crippen molar-refractivity contribution in [2.75, 3.05) is 5.73 Å². The van der Waals surface area contributed by atoms with Crippen LogP contribution >= 0.6 is 11.8 Å². The summed E-state index contributed by atoms with van der Waals surface area (Å²) in [5, 5.41) is 5.57. The third-order valence-corrected chi connectivity index (χ3v) is 4.39. The summed E-state index contributed by atoms with van der Waals surface area (Å²) in [5.74, 6) is 0. The summed E-state index contributed by atoms with van der Waals surface area (Å²) in [7, 11) is 0. The van der Waals surface area contributed by atoms with E-state index in [0.717, 1.165) is 16.4 Å². The quantitative estimate of drug-likeness (QED) is 0.916. The fourth-order valence-corrected chi connectivity index (χ4v) is 3.18. The molecular weight excluding hydrogens is 254 g/mol. The van der Waals surface area contributed by atoms with E-state index in [1.807, 2.05) is 11.6 Å². The zero-order valence-corrected chi connectivity index (χ0v) is 13.0. The van der Waals surface area contributed by atoms with Crippen LogP contribution < -0.4 is 5.73 Å². The maximum atomic E-state index is 6.16. The second-order valence-electron chi connectivity index (χ2n) is 5.21. The SMILES string of the molecule is Cc1ccc(Sc2c(N)c(C)nn2C(C)C)c(C)c1. The Morgan fingerprint density at radius 1 is 1.21 bits per heavy atom. The van der Waals surface area contributed by atoms with Crippen molar-refractivity contribution in [2.45, 2.75) is 50.6 Å². The van der Waals surface area contributed by atoms with E-state index in [1.54, 1.807) is 11.8 Å². The molecule has 0 bridgehead atoms. The summed E-state index contributed by atoms with van der Waals surface area (Å²) >= 11 is 1.70. The second kappa shape index (κ2) is 5.29. The number of rotatable bonds is 3. The molecule has 0 aliphatic carbocycles. The molecule has 0 fully saturated rings. The van der Waals surface area contributed by atoms with E-state index in [2.05, 4.69) is 51.0 Å². The van der Waals surface area contributed by atoms with Crippen LogP contribution in [0.2, 0.25) is 0 Å². The maximum absolute atomic E-state index is 6.16. The Hall–Kier alpha value is -1.42. The van der Waals surface area contributed by atoms with Crippen LogP contribution in [0, 0.1) is 20.8 Å². The highest BCUT2D eigenvalue weighted by atomic mass is 32.2. The van der Waals surface area contributed by atoms with Crippen molar-refractivity contribution >= 4 is 17.4 Å². The highest BCUT2D eigenvalue weighted by Gasteiger charge is 2.16. The molecule has 0 unspecified atom stereocenters. The smallest absolute Gasteiger partial charge is 0.122 e. The topological polar surface area (TPSA) is 43.8 Å². The van der Waals surface area contributed by atoms with Crippen LogP contribution in [0.5, 0.6) is 0 Å². The minimum atomic E-state index is 0.309.